The smallest absolute Gasteiger partial charge is 0.321 e. The van der Waals surface area contributed by atoms with Gasteiger partial charge in [-0.3, -0.25) is 4.79 Å². The summed E-state index contributed by atoms with van der Waals surface area (Å²) in [7, 11) is 0. The maximum atomic E-state index is 12.6. The lowest BCUT2D eigenvalue weighted by Crippen LogP contribution is -2.54. The molecule has 1 aromatic carbocycles. The molecule has 0 bridgehead atoms. The SMILES string of the molecule is C[C@@H]1CN(C(=O)Nc2ccc(Cl)cc2)CC[C@@]12CC[C@@H](C(=O)NCC1CC1)O2. The Bertz CT molecular complexity index is 737. The predicted molar refractivity (Wildman–Crippen MR) is 108 cm³/mol. The highest BCUT2D eigenvalue weighted by Crippen LogP contribution is 2.42. The zero-order valence-corrected chi connectivity index (χ0v) is 17.0. The van der Waals surface area contributed by atoms with Crippen LogP contribution in [-0.2, 0) is 9.53 Å². The molecular formula is C21H28ClN3O3. The Morgan fingerprint density at radius 2 is 1.96 bits per heavy atom. The zero-order chi connectivity index (χ0) is 19.7. The number of amides is 3. The van der Waals surface area contributed by atoms with Crippen molar-refractivity contribution in [2.75, 3.05) is 25.0 Å². The maximum absolute atomic E-state index is 12.6. The molecule has 3 aliphatic rings. The normalized spacial score (nSPS) is 29.7. The molecule has 0 radical (unpaired) electrons. The number of carbonyl (C=O) groups is 2. The zero-order valence-electron chi connectivity index (χ0n) is 16.2. The Labute approximate surface area is 170 Å². The number of likely N-dealkylation sites (tertiary alicyclic amines) is 1. The van der Waals surface area contributed by atoms with E-state index in [2.05, 4.69) is 17.6 Å². The van der Waals surface area contributed by atoms with E-state index in [1.54, 1.807) is 24.3 Å². The molecule has 4 rings (SSSR count). The summed E-state index contributed by atoms with van der Waals surface area (Å²) in [6, 6.07) is 6.98. The number of rotatable bonds is 4. The van der Waals surface area contributed by atoms with Gasteiger partial charge in [-0.15, -0.1) is 0 Å². The van der Waals surface area contributed by atoms with E-state index < -0.39 is 0 Å². The van der Waals surface area contributed by atoms with Crippen molar-refractivity contribution in [1.29, 1.82) is 0 Å². The molecule has 6 nitrogen and oxygen atoms in total. The van der Waals surface area contributed by atoms with Crippen LogP contribution in [0.3, 0.4) is 0 Å². The number of nitrogens with one attached hydrogen (secondary N) is 2. The van der Waals surface area contributed by atoms with E-state index in [9.17, 15) is 9.59 Å². The van der Waals surface area contributed by atoms with Crippen LogP contribution in [0.5, 0.6) is 0 Å². The second kappa shape index (κ2) is 7.91. The summed E-state index contributed by atoms with van der Waals surface area (Å²) in [5.74, 6) is 0.873. The number of hydrogen-bond donors (Lipinski definition) is 2. The van der Waals surface area contributed by atoms with Crippen LogP contribution in [0.2, 0.25) is 5.02 Å². The highest BCUT2D eigenvalue weighted by molar-refractivity contribution is 6.30. The molecule has 1 spiro atoms. The molecule has 28 heavy (non-hydrogen) atoms. The van der Waals surface area contributed by atoms with E-state index in [0.717, 1.165) is 31.5 Å². The molecule has 1 saturated carbocycles. The molecule has 2 N–H and O–H groups in total. The lowest BCUT2D eigenvalue weighted by molar-refractivity contribution is -0.146. The van der Waals surface area contributed by atoms with E-state index in [1.165, 1.54) is 12.8 Å². The van der Waals surface area contributed by atoms with E-state index in [0.29, 0.717) is 24.0 Å². The molecular weight excluding hydrogens is 378 g/mol. The van der Waals surface area contributed by atoms with Crippen LogP contribution >= 0.6 is 11.6 Å². The maximum Gasteiger partial charge on any atom is 0.321 e. The first-order valence-corrected chi connectivity index (χ1v) is 10.6. The summed E-state index contributed by atoms with van der Waals surface area (Å²) in [5, 5.41) is 6.60. The van der Waals surface area contributed by atoms with Gasteiger partial charge in [-0.1, -0.05) is 18.5 Å². The Kier molecular flexibility index (Phi) is 5.52. The first-order valence-electron chi connectivity index (χ1n) is 10.2. The third-order valence-corrected chi connectivity index (χ3v) is 6.59. The van der Waals surface area contributed by atoms with E-state index in [-0.39, 0.29) is 29.6 Å². The van der Waals surface area contributed by atoms with Crippen molar-refractivity contribution >= 4 is 29.2 Å². The Balaban J connectivity index is 1.30. The van der Waals surface area contributed by atoms with Gasteiger partial charge in [-0.25, -0.2) is 4.79 Å². The monoisotopic (exact) mass is 405 g/mol. The molecule has 3 amide bonds. The highest BCUT2D eigenvalue weighted by atomic mass is 35.5. The van der Waals surface area contributed by atoms with Crippen LogP contribution in [0.25, 0.3) is 0 Å². The Hall–Kier alpha value is -1.79. The second-order valence-electron chi connectivity index (χ2n) is 8.43. The van der Waals surface area contributed by atoms with Gasteiger partial charge in [0.1, 0.15) is 6.10 Å². The molecule has 152 valence electrons. The van der Waals surface area contributed by atoms with Gasteiger partial charge in [0.15, 0.2) is 0 Å². The molecule has 1 aromatic rings. The van der Waals surface area contributed by atoms with Crippen LogP contribution in [0.15, 0.2) is 24.3 Å². The number of ether oxygens (including phenoxy) is 1. The molecule has 3 fully saturated rings. The van der Waals surface area contributed by atoms with Gasteiger partial charge in [0.05, 0.1) is 5.60 Å². The molecule has 0 unspecified atom stereocenters. The summed E-state index contributed by atoms with van der Waals surface area (Å²) >= 11 is 5.89. The standard InChI is InChI=1S/C21H28ClN3O3/c1-14-13-25(20(27)24-17-6-4-16(22)5-7-17)11-10-21(14)9-8-18(28-21)19(26)23-12-15-2-3-15/h4-7,14-15,18H,2-3,8-13H2,1H3,(H,23,26)(H,24,27)/t14-,18+,21+/m1/s1. The number of hydrogen-bond acceptors (Lipinski definition) is 3. The number of urea groups is 1. The minimum Gasteiger partial charge on any atom is -0.362 e. The lowest BCUT2D eigenvalue weighted by Gasteiger charge is -2.44. The van der Waals surface area contributed by atoms with Crippen molar-refractivity contribution in [3.63, 3.8) is 0 Å². The van der Waals surface area contributed by atoms with E-state index in [4.69, 9.17) is 16.3 Å². The minimum absolute atomic E-state index is 0.0267. The number of carbonyl (C=O) groups excluding carboxylic acids is 2. The summed E-state index contributed by atoms with van der Waals surface area (Å²) in [6.45, 7) is 4.14. The van der Waals surface area contributed by atoms with Gasteiger partial charge in [-0.05, 0) is 62.3 Å². The number of halogens is 1. The number of benzene rings is 1. The molecule has 7 heteroatoms. The number of anilines is 1. The van der Waals surface area contributed by atoms with Gasteiger partial charge < -0.3 is 20.3 Å². The van der Waals surface area contributed by atoms with Crippen molar-refractivity contribution in [2.24, 2.45) is 11.8 Å². The molecule has 3 atom stereocenters. The van der Waals surface area contributed by atoms with Crippen molar-refractivity contribution < 1.29 is 14.3 Å². The Morgan fingerprint density at radius 3 is 2.64 bits per heavy atom. The molecule has 1 aliphatic carbocycles. The second-order valence-corrected chi connectivity index (χ2v) is 8.87. The fourth-order valence-corrected chi connectivity index (χ4v) is 4.39. The molecule has 2 saturated heterocycles. The van der Waals surface area contributed by atoms with Crippen molar-refractivity contribution in [2.45, 2.75) is 50.7 Å². The Morgan fingerprint density at radius 1 is 1.21 bits per heavy atom. The van der Waals surface area contributed by atoms with Gasteiger partial charge in [0, 0.05) is 36.3 Å². The number of piperidine rings is 1. The van der Waals surface area contributed by atoms with Gasteiger partial charge >= 0.3 is 6.03 Å². The minimum atomic E-state index is -0.351. The van der Waals surface area contributed by atoms with Crippen LogP contribution < -0.4 is 10.6 Å². The van der Waals surface area contributed by atoms with Crippen molar-refractivity contribution in [3.05, 3.63) is 29.3 Å². The first-order chi connectivity index (χ1) is 13.4. The number of nitrogens with zero attached hydrogens (tertiary/aromatic N) is 1. The van der Waals surface area contributed by atoms with Crippen molar-refractivity contribution in [3.8, 4) is 0 Å². The molecule has 2 aliphatic heterocycles. The molecule has 2 heterocycles. The largest absolute Gasteiger partial charge is 0.362 e. The van der Waals surface area contributed by atoms with Crippen LogP contribution in [0, 0.1) is 11.8 Å². The van der Waals surface area contributed by atoms with Crippen LogP contribution in [0.1, 0.15) is 39.0 Å². The van der Waals surface area contributed by atoms with Gasteiger partial charge in [-0.2, -0.15) is 0 Å². The molecule has 0 aromatic heterocycles. The topological polar surface area (TPSA) is 70.7 Å². The summed E-state index contributed by atoms with van der Waals surface area (Å²) in [6.07, 6.45) is 4.49. The van der Waals surface area contributed by atoms with E-state index >= 15 is 0 Å². The summed E-state index contributed by atoms with van der Waals surface area (Å²) < 4.78 is 6.29. The van der Waals surface area contributed by atoms with Crippen LogP contribution in [0.4, 0.5) is 10.5 Å². The average molecular weight is 406 g/mol. The van der Waals surface area contributed by atoms with Gasteiger partial charge in [0.25, 0.3) is 0 Å². The average Bonchev–Trinajstić information content (AvgIpc) is 3.42. The third kappa shape index (κ3) is 4.28. The fraction of sp³-hybridized carbons (Fsp3) is 0.619. The third-order valence-electron chi connectivity index (χ3n) is 6.34. The van der Waals surface area contributed by atoms with Gasteiger partial charge in [0.2, 0.25) is 5.91 Å². The van der Waals surface area contributed by atoms with Crippen LogP contribution in [-0.4, -0.2) is 48.2 Å². The lowest BCUT2D eigenvalue weighted by atomic mass is 9.80. The fourth-order valence-electron chi connectivity index (χ4n) is 4.27. The van der Waals surface area contributed by atoms with Crippen molar-refractivity contribution in [1.82, 2.24) is 10.2 Å². The predicted octanol–water partition coefficient (Wildman–Crippen LogP) is 3.66. The van der Waals surface area contributed by atoms with E-state index in [1.807, 2.05) is 4.90 Å². The highest BCUT2D eigenvalue weighted by Gasteiger charge is 2.49. The summed E-state index contributed by atoms with van der Waals surface area (Å²) in [4.78, 5) is 26.8. The first kappa shape index (κ1) is 19.5. The summed E-state index contributed by atoms with van der Waals surface area (Å²) in [5.41, 5.74) is 0.436. The quantitative estimate of drug-likeness (QED) is 0.803.